The van der Waals surface area contributed by atoms with E-state index in [0.29, 0.717) is 25.7 Å². The van der Waals surface area contributed by atoms with Crippen molar-refractivity contribution < 1.29 is 22.4 Å². The van der Waals surface area contributed by atoms with Gasteiger partial charge in [-0.15, -0.1) is 0 Å². The normalized spacial score (nSPS) is 22.7. The number of hydrogen-bond acceptors (Lipinski definition) is 6. The molecule has 174 valence electrons. The number of halogens is 4. The summed E-state index contributed by atoms with van der Waals surface area (Å²) in [4.78, 5) is 12.3. The number of carbonyl (C=O) groups is 1. The Morgan fingerprint density at radius 1 is 1.36 bits per heavy atom. The third-order valence-corrected chi connectivity index (χ3v) is 7.03. The van der Waals surface area contributed by atoms with Gasteiger partial charge in [-0.1, -0.05) is 17.3 Å². The number of benzene rings is 1. The lowest BCUT2D eigenvalue weighted by Crippen LogP contribution is -2.38. The maximum atomic E-state index is 13.3. The Kier molecular flexibility index (Phi) is 6.42. The fourth-order valence-electron chi connectivity index (χ4n) is 4.32. The SMILES string of the molecule is N=C/C(=N\NCC(F)(F)F)SC1CCC2=Cc3c(cnn3-c3ccc(F)cc3)CC2(C=O)C1. The predicted octanol–water partition coefficient (Wildman–Crippen LogP) is 4.54. The Labute approximate surface area is 191 Å². The molecular formula is C22H21F4N5OS. The number of hydrogen-bond donors (Lipinski definition) is 2. The summed E-state index contributed by atoms with van der Waals surface area (Å²) in [5, 5.41) is 15.6. The first-order valence-corrected chi connectivity index (χ1v) is 11.2. The Morgan fingerprint density at radius 2 is 2.12 bits per heavy atom. The van der Waals surface area contributed by atoms with Gasteiger partial charge in [0.25, 0.3) is 0 Å². The summed E-state index contributed by atoms with van der Waals surface area (Å²) in [6.45, 7) is -1.28. The molecule has 1 heterocycles. The summed E-state index contributed by atoms with van der Waals surface area (Å²) in [7, 11) is 0. The Hall–Kier alpha value is -2.95. The summed E-state index contributed by atoms with van der Waals surface area (Å²) in [6, 6.07) is 6.01. The van der Waals surface area contributed by atoms with E-state index in [0.717, 1.165) is 35.0 Å². The number of fused-ring (bicyclic) bond motifs is 2. The molecule has 1 fully saturated rings. The highest BCUT2D eigenvalue weighted by Gasteiger charge is 2.44. The van der Waals surface area contributed by atoms with E-state index in [-0.39, 0.29) is 16.1 Å². The molecule has 1 aromatic carbocycles. The zero-order chi connectivity index (χ0) is 23.6. The molecule has 2 aromatic rings. The number of nitrogens with one attached hydrogen (secondary N) is 2. The van der Waals surface area contributed by atoms with Crippen molar-refractivity contribution in [3.05, 3.63) is 53.1 Å². The van der Waals surface area contributed by atoms with Crippen molar-refractivity contribution in [2.75, 3.05) is 6.54 Å². The molecule has 11 heteroatoms. The van der Waals surface area contributed by atoms with E-state index in [1.165, 1.54) is 23.9 Å². The highest BCUT2D eigenvalue weighted by molar-refractivity contribution is 8.16. The van der Waals surface area contributed by atoms with Crippen LogP contribution in [0.5, 0.6) is 0 Å². The Morgan fingerprint density at radius 3 is 2.79 bits per heavy atom. The third-order valence-electron chi connectivity index (χ3n) is 5.85. The van der Waals surface area contributed by atoms with Crippen LogP contribution < -0.4 is 5.43 Å². The van der Waals surface area contributed by atoms with Crippen LogP contribution in [0.1, 0.15) is 30.5 Å². The van der Waals surface area contributed by atoms with Gasteiger partial charge in [-0.25, -0.2) is 9.07 Å². The maximum absolute atomic E-state index is 13.3. The van der Waals surface area contributed by atoms with Crippen LogP contribution in [0.2, 0.25) is 0 Å². The molecule has 2 aliphatic rings. The number of carbonyl (C=O) groups excluding carboxylic acids is 1. The van der Waals surface area contributed by atoms with Gasteiger partial charge in [0.05, 0.1) is 29.2 Å². The highest BCUT2D eigenvalue weighted by atomic mass is 32.2. The molecule has 33 heavy (non-hydrogen) atoms. The molecule has 1 aromatic heterocycles. The smallest absolute Gasteiger partial charge is 0.306 e. The lowest BCUT2D eigenvalue weighted by Gasteiger charge is -2.41. The maximum Gasteiger partial charge on any atom is 0.407 e. The lowest BCUT2D eigenvalue weighted by atomic mass is 9.65. The molecule has 2 unspecified atom stereocenters. The van der Waals surface area contributed by atoms with Crippen LogP contribution in [0.4, 0.5) is 17.6 Å². The topological polar surface area (TPSA) is 83.1 Å². The van der Waals surface area contributed by atoms with Crippen LogP contribution in [0.25, 0.3) is 11.8 Å². The summed E-state index contributed by atoms with van der Waals surface area (Å²) >= 11 is 1.21. The average Bonchev–Trinajstić information content (AvgIpc) is 3.18. The predicted molar refractivity (Wildman–Crippen MR) is 119 cm³/mol. The molecule has 0 aliphatic heterocycles. The molecule has 0 amide bonds. The number of alkyl halides is 3. The van der Waals surface area contributed by atoms with E-state index in [1.807, 2.05) is 11.5 Å². The van der Waals surface area contributed by atoms with Gasteiger partial charge in [-0.3, -0.25) is 5.43 Å². The number of aromatic nitrogens is 2. The number of nitrogens with zero attached hydrogens (tertiary/aromatic N) is 3. The minimum atomic E-state index is -4.40. The fourth-order valence-corrected chi connectivity index (χ4v) is 5.46. The number of hydrazone groups is 1. The van der Waals surface area contributed by atoms with Crippen molar-refractivity contribution in [3.8, 4) is 5.69 Å². The largest absolute Gasteiger partial charge is 0.407 e. The van der Waals surface area contributed by atoms with Crippen molar-refractivity contribution in [1.29, 1.82) is 5.41 Å². The van der Waals surface area contributed by atoms with Crippen molar-refractivity contribution >= 4 is 35.4 Å². The zero-order valence-electron chi connectivity index (χ0n) is 17.4. The van der Waals surface area contributed by atoms with Gasteiger partial charge < -0.3 is 10.2 Å². The van der Waals surface area contributed by atoms with Gasteiger partial charge >= 0.3 is 6.18 Å². The summed E-state index contributed by atoms with van der Waals surface area (Å²) in [5.41, 5.74) is 4.68. The van der Waals surface area contributed by atoms with Crippen LogP contribution in [-0.4, -0.2) is 45.3 Å². The molecule has 0 radical (unpaired) electrons. The number of allylic oxidation sites excluding steroid dienone is 1. The summed E-state index contributed by atoms with van der Waals surface area (Å²) in [5.74, 6) is -0.338. The van der Waals surface area contributed by atoms with Gasteiger partial charge in [0.15, 0.2) is 0 Å². The standard InChI is InChI=1S/C22H21F4N5OS/c23-16-2-4-17(5-3-16)31-19-7-15-1-6-18(9-21(15,13-32)8-14(19)11-29-31)33-20(10-27)30-28-12-22(24,25)26/h2-5,7,10-11,13,18,27-28H,1,6,8-9,12H2/b27-10?,30-20+. The minimum absolute atomic E-state index is 0.0749. The van der Waals surface area contributed by atoms with E-state index < -0.39 is 18.1 Å². The van der Waals surface area contributed by atoms with Crippen LogP contribution in [-0.2, 0) is 11.2 Å². The van der Waals surface area contributed by atoms with Crippen LogP contribution in [0.15, 0.2) is 41.1 Å². The molecule has 6 nitrogen and oxygen atoms in total. The first-order chi connectivity index (χ1) is 15.7. The van der Waals surface area contributed by atoms with E-state index in [4.69, 9.17) is 5.41 Å². The van der Waals surface area contributed by atoms with Gasteiger partial charge in [0.1, 0.15) is 23.7 Å². The third kappa shape index (κ3) is 5.02. The molecule has 0 spiro atoms. The van der Waals surface area contributed by atoms with Gasteiger partial charge in [0.2, 0.25) is 0 Å². The molecule has 4 rings (SSSR count). The quantitative estimate of drug-likeness (QED) is 0.210. The molecule has 1 saturated carbocycles. The van der Waals surface area contributed by atoms with E-state index in [9.17, 15) is 22.4 Å². The van der Waals surface area contributed by atoms with E-state index >= 15 is 0 Å². The summed E-state index contributed by atoms with van der Waals surface area (Å²) in [6.07, 6.45) is 3.42. The van der Waals surface area contributed by atoms with Crippen molar-refractivity contribution in [1.82, 2.24) is 15.2 Å². The average molecular weight is 480 g/mol. The molecule has 2 N–H and O–H groups in total. The van der Waals surface area contributed by atoms with Gasteiger partial charge in [0, 0.05) is 5.25 Å². The summed E-state index contributed by atoms with van der Waals surface area (Å²) < 4.78 is 52.0. The highest BCUT2D eigenvalue weighted by Crippen LogP contribution is 2.49. The fraction of sp³-hybridized carbons (Fsp3) is 0.364. The van der Waals surface area contributed by atoms with Gasteiger partial charge in [-0.05, 0) is 61.6 Å². The minimum Gasteiger partial charge on any atom is -0.306 e. The number of aldehydes is 1. The first kappa shape index (κ1) is 23.2. The molecular weight excluding hydrogens is 458 g/mol. The van der Waals surface area contributed by atoms with Crippen molar-refractivity contribution in [2.24, 2.45) is 10.5 Å². The second kappa shape index (κ2) is 9.12. The van der Waals surface area contributed by atoms with Crippen molar-refractivity contribution in [3.63, 3.8) is 0 Å². The molecule has 0 bridgehead atoms. The zero-order valence-corrected chi connectivity index (χ0v) is 18.2. The monoisotopic (exact) mass is 479 g/mol. The Balaban J connectivity index is 1.53. The lowest BCUT2D eigenvalue weighted by molar-refractivity contribution is -0.124. The molecule has 2 atom stereocenters. The van der Waals surface area contributed by atoms with Crippen LogP contribution in [0.3, 0.4) is 0 Å². The van der Waals surface area contributed by atoms with Crippen LogP contribution in [0, 0.1) is 16.6 Å². The number of thioether (sulfide) groups is 1. The Bertz CT molecular complexity index is 1110. The number of rotatable bonds is 6. The second-order valence-electron chi connectivity index (χ2n) is 8.09. The van der Waals surface area contributed by atoms with E-state index in [1.54, 1.807) is 23.0 Å². The van der Waals surface area contributed by atoms with Gasteiger partial charge in [-0.2, -0.15) is 23.4 Å². The molecule has 0 saturated heterocycles. The van der Waals surface area contributed by atoms with Crippen LogP contribution >= 0.6 is 11.8 Å². The molecule has 2 aliphatic carbocycles. The van der Waals surface area contributed by atoms with Crippen molar-refractivity contribution in [2.45, 2.75) is 37.1 Å². The second-order valence-corrected chi connectivity index (χ2v) is 9.41. The van der Waals surface area contributed by atoms with E-state index in [2.05, 4.69) is 10.2 Å². The first-order valence-electron chi connectivity index (χ1n) is 10.3.